The van der Waals surface area contributed by atoms with Crippen molar-refractivity contribution in [2.45, 2.75) is 226 Å². The van der Waals surface area contributed by atoms with Crippen LogP contribution in [0.1, 0.15) is 220 Å². The molecule has 0 N–H and O–H groups in total. The maximum atomic E-state index is 2.58. The topological polar surface area (TPSA) is 6.48 Å². The van der Waals surface area contributed by atoms with Gasteiger partial charge in [0.1, 0.15) is 0 Å². The Bertz CT molecular complexity index is 530. The quantitative estimate of drug-likeness (QED) is 0.0719. The van der Waals surface area contributed by atoms with E-state index in [0.717, 1.165) is 0 Å². The van der Waals surface area contributed by atoms with E-state index in [1.165, 1.54) is 212 Å². The third-order valence-electron chi connectivity index (χ3n) is 9.70. The van der Waals surface area contributed by atoms with E-state index in [2.05, 4.69) is 43.0 Å². The standard InChI is InChI=1S/C39H78N2/c1-4-6-8-10-12-14-16-18-20-21-22-24-26-28-30-32-34-36-41-38-37-40(39(41)3)35-33-31-29-27-25-23-19-17-15-13-11-9-7-5-2/h37-39H,4-36H2,1-3H3. The van der Waals surface area contributed by atoms with Gasteiger partial charge in [0.05, 0.1) is 6.17 Å². The summed E-state index contributed by atoms with van der Waals surface area (Å²) < 4.78 is 0. The van der Waals surface area contributed by atoms with Crippen LogP contribution in [-0.4, -0.2) is 29.1 Å². The van der Waals surface area contributed by atoms with E-state index in [1.807, 2.05) is 0 Å². The Morgan fingerprint density at radius 2 is 0.512 bits per heavy atom. The van der Waals surface area contributed by atoms with E-state index in [0.29, 0.717) is 6.17 Å². The molecule has 2 heteroatoms. The monoisotopic (exact) mass is 575 g/mol. The first kappa shape index (κ1) is 38.4. The normalized spacial score (nSPS) is 15.0. The molecule has 0 saturated heterocycles. The van der Waals surface area contributed by atoms with Gasteiger partial charge in [-0.15, -0.1) is 0 Å². The van der Waals surface area contributed by atoms with Crippen molar-refractivity contribution in [3.05, 3.63) is 12.4 Å². The minimum Gasteiger partial charge on any atom is -0.356 e. The van der Waals surface area contributed by atoms with E-state index >= 15 is 0 Å². The molecule has 0 spiro atoms. The van der Waals surface area contributed by atoms with Crippen molar-refractivity contribution in [1.82, 2.24) is 9.80 Å². The summed E-state index contributed by atoms with van der Waals surface area (Å²) in [5.74, 6) is 0. The van der Waals surface area contributed by atoms with Crippen LogP contribution in [0.4, 0.5) is 0 Å². The van der Waals surface area contributed by atoms with Gasteiger partial charge >= 0.3 is 0 Å². The van der Waals surface area contributed by atoms with Crippen LogP contribution in [0.5, 0.6) is 0 Å². The molecule has 1 rings (SSSR count). The van der Waals surface area contributed by atoms with Crippen molar-refractivity contribution in [1.29, 1.82) is 0 Å². The maximum absolute atomic E-state index is 2.58. The van der Waals surface area contributed by atoms with Crippen molar-refractivity contribution in [2.24, 2.45) is 0 Å². The molecule has 244 valence electrons. The molecule has 0 saturated carbocycles. The number of hydrogen-bond donors (Lipinski definition) is 0. The Kier molecular flexibility index (Phi) is 28.8. The molecule has 0 aromatic heterocycles. The van der Waals surface area contributed by atoms with Crippen LogP contribution in [0.3, 0.4) is 0 Å². The first-order valence-electron chi connectivity index (χ1n) is 19.5. The lowest BCUT2D eigenvalue weighted by Crippen LogP contribution is -2.36. The summed E-state index contributed by atoms with van der Waals surface area (Å²) in [6.07, 6.45) is 50.2. The van der Waals surface area contributed by atoms with E-state index in [-0.39, 0.29) is 0 Å². The highest BCUT2D eigenvalue weighted by Crippen LogP contribution is 2.19. The van der Waals surface area contributed by atoms with E-state index < -0.39 is 0 Å². The summed E-state index contributed by atoms with van der Waals surface area (Å²) in [5.41, 5.74) is 0. The van der Waals surface area contributed by atoms with Gasteiger partial charge in [-0.25, -0.2) is 0 Å². The summed E-state index contributed by atoms with van der Waals surface area (Å²) in [4.78, 5) is 5.16. The SMILES string of the molecule is CCCCCCCCCCCCCCCCCCCN1C=CN(CCCCCCCCCCCCCCCC)C1C. The van der Waals surface area contributed by atoms with Crippen LogP contribution in [-0.2, 0) is 0 Å². The molecule has 0 aliphatic carbocycles. The fourth-order valence-corrected chi connectivity index (χ4v) is 6.64. The predicted molar refractivity (Wildman–Crippen MR) is 186 cm³/mol. The van der Waals surface area contributed by atoms with Gasteiger partial charge in [0.15, 0.2) is 0 Å². The van der Waals surface area contributed by atoms with Gasteiger partial charge in [-0.3, -0.25) is 0 Å². The highest BCUT2D eigenvalue weighted by Gasteiger charge is 2.20. The first-order valence-corrected chi connectivity index (χ1v) is 19.5. The third-order valence-corrected chi connectivity index (χ3v) is 9.70. The smallest absolute Gasteiger partial charge is 0.0977 e. The number of hydrogen-bond acceptors (Lipinski definition) is 2. The molecule has 0 amide bonds. The number of rotatable bonds is 33. The molecular weight excluding hydrogens is 496 g/mol. The molecule has 1 unspecified atom stereocenters. The average molecular weight is 575 g/mol. The van der Waals surface area contributed by atoms with Gasteiger partial charge in [0.2, 0.25) is 0 Å². The molecule has 0 aromatic rings. The van der Waals surface area contributed by atoms with Gasteiger partial charge < -0.3 is 9.80 Å². The van der Waals surface area contributed by atoms with Gasteiger partial charge in [-0.2, -0.15) is 0 Å². The Labute approximate surface area is 260 Å². The van der Waals surface area contributed by atoms with Gasteiger partial charge in [0, 0.05) is 25.5 Å². The lowest BCUT2D eigenvalue weighted by atomic mass is 10.0. The van der Waals surface area contributed by atoms with Gasteiger partial charge in [-0.1, -0.05) is 200 Å². The lowest BCUT2D eigenvalue weighted by molar-refractivity contribution is 0.165. The summed E-state index contributed by atoms with van der Waals surface area (Å²) in [6.45, 7) is 9.50. The molecule has 1 aliphatic rings. The summed E-state index contributed by atoms with van der Waals surface area (Å²) in [6, 6.07) is 0. The van der Waals surface area contributed by atoms with E-state index in [9.17, 15) is 0 Å². The molecule has 1 heterocycles. The summed E-state index contributed by atoms with van der Waals surface area (Å²) >= 11 is 0. The molecule has 2 nitrogen and oxygen atoms in total. The molecule has 1 aliphatic heterocycles. The van der Waals surface area contributed by atoms with Crippen molar-refractivity contribution in [3.63, 3.8) is 0 Å². The molecular formula is C39H78N2. The van der Waals surface area contributed by atoms with E-state index in [4.69, 9.17) is 0 Å². The molecule has 41 heavy (non-hydrogen) atoms. The minimum absolute atomic E-state index is 0.568. The second kappa shape index (κ2) is 30.8. The van der Waals surface area contributed by atoms with Crippen LogP contribution in [0.25, 0.3) is 0 Å². The predicted octanol–water partition coefficient (Wildman–Crippen LogP) is 13.6. The van der Waals surface area contributed by atoms with Crippen molar-refractivity contribution >= 4 is 0 Å². The van der Waals surface area contributed by atoms with Crippen molar-refractivity contribution in [3.8, 4) is 0 Å². The van der Waals surface area contributed by atoms with Crippen LogP contribution in [0, 0.1) is 0 Å². The lowest BCUT2D eigenvalue weighted by Gasteiger charge is -2.30. The summed E-state index contributed by atoms with van der Waals surface area (Å²) in [7, 11) is 0. The Morgan fingerprint density at radius 1 is 0.317 bits per heavy atom. The average Bonchev–Trinajstić information content (AvgIpc) is 3.33. The van der Waals surface area contributed by atoms with E-state index in [1.54, 1.807) is 0 Å². The zero-order valence-corrected chi connectivity index (χ0v) is 29.0. The Morgan fingerprint density at radius 3 is 0.732 bits per heavy atom. The Balaban J connectivity index is 1.80. The Hall–Kier alpha value is -0.660. The van der Waals surface area contributed by atoms with Crippen molar-refractivity contribution < 1.29 is 0 Å². The van der Waals surface area contributed by atoms with Gasteiger partial charge in [0.25, 0.3) is 0 Å². The van der Waals surface area contributed by atoms with Crippen LogP contribution in [0.15, 0.2) is 12.4 Å². The number of unbranched alkanes of at least 4 members (excludes halogenated alkanes) is 29. The van der Waals surface area contributed by atoms with Crippen molar-refractivity contribution in [2.75, 3.05) is 13.1 Å². The number of nitrogens with zero attached hydrogens (tertiary/aromatic N) is 2. The fraction of sp³-hybridized carbons (Fsp3) is 0.949. The molecule has 0 radical (unpaired) electrons. The second-order valence-corrected chi connectivity index (χ2v) is 13.7. The first-order chi connectivity index (χ1) is 20.3. The zero-order valence-electron chi connectivity index (χ0n) is 29.0. The molecule has 0 aromatic carbocycles. The molecule has 0 fully saturated rings. The largest absolute Gasteiger partial charge is 0.356 e. The minimum atomic E-state index is 0.568. The van der Waals surface area contributed by atoms with Gasteiger partial charge in [-0.05, 0) is 19.8 Å². The second-order valence-electron chi connectivity index (χ2n) is 13.7. The maximum Gasteiger partial charge on any atom is 0.0977 e. The molecule has 0 bridgehead atoms. The summed E-state index contributed by atoms with van der Waals surface area (Å²) in [5, 5.41) is 0. The fourth-order valence-electron chi connectivity index (χ4n) is 6.64. The molecule has 1 atom stereocenters. The highest BCUT2D eigenvalue weighted by atomic mass is 15.4. The third kappa shape index (κ3) is 24.5. The van der Waals surface area contributed by atoms with Crippen LogP contribution < -0.4 is 0 Å². The van der Waals surface area contributed by atoms with Crippen LogP contribution >= 0.6 is 0 Å². The van der Waals surface area contributed by atoms with Crippen LogP contribution in [0.2, 0.25) is 0 Å². The zero-order chi connectivity index (χ0) is 29.5. The highest BCUT2D eigenvalue weighted by molar-refractivity contribution is 4.95.